The zero-order valence-corrected chi connectivity index (χ0v) is 85.3. The van der Waals surface area contributed by atoms with Gasteiger partial charge in [0.25, 0.3) is 6.47 Å². The number of carbonyl (C=O) groups is 9. The molecule has 0 radical (unpaired) electrons. The number of carboxylic acids is 2. The van der Waals surface area contributed by atoms with E-state index in [0.29, 0.717) is 97.7 Å². The van der Waals surface area contributed by atoms with Crippen molar-refractivity contribution < 1.29 is 176 Å². The Labute approximate surface area is 819 Å². The molecule has 4 atom stereocenters. The Balaban J connectivity index is -0.000000355. The molecule has 0 fully saturated rings. The summed E-state index contributed by atoms with van der Waals surface area (Å²) < 4.78 is 27.3. The number of ether oxygens (including phenoxy) is 5. The van der Waals surface area contributed by atoms with Crippen molar-refractivity contribution in [2.24, 2.45) is 0 Å². The number of aromatic hydroxyl groups is 1. The van der Waals surface area contributed by atoms with Crippen molar-refractivity contribution >= 4 is 69.4 Å². The SMILES string of the molecule is CCCCCCCCC(Br)C(=O)OCC.CCCCCCCCC(Oc1ccc(C(=O)CCCCCCC)cc1)C(=O)O.CCCCCCCCC(Oc1ccc(C(=O)CCCCCCC)cc1)C(=O)OCC.CCCCCCCCC(Oc1ccc(C(=O)CCCCCCC)cc1)C(=O)[O-].O=CO[O-].[CH2+]CCCCCCC(=O)c1ccc(O)cc1.[Li+].[Na+].[Na+].[OH-]. The first-order valence-electron chi connectivity index (χ1n) is 46.8. The predicted octanol–water partition coefficient (Wildman–Crippen LogP) is 16.7. The number of carbonyl (C=O) groups excluding carboxylic acids is 8. The summed E-state index contributed by atoms with van der Waals surface area (Å²) in [5, 5.41) is 38.3. The van der Waals surface area contributed by atoms with Gasteiger partial charge in [-0.3, -0.25) is 28.8 Å². The van der Waals surface area contributed by atoms with Crippen LogP contribution in [0.4, 0.5) is 0 Å². The molecule has 0 aliphatic carbocycles. The maximum absolute atomic E-state index is 12.3. The summed E-state index contributed by atoms with van der Waals surface area (Å²) in [6.45, 7) is 23.4. The number of unbranched alkanes of at least 4 members (excludes halogenated alkanes) is 36. The number of carboxylic acid groups (broad SMARTS) is 2. The van der Waals surface area contributed by atoms with Crippen LogP contribution >= 0.6 is 15.9 Å². The van der Waals surface area contributed by atoms with E-state index in [1.807, 2.05) is 13.8 Å². The number of alkyl halides is 1. The van der Waals surface area contributed by atoms with Crippen LogP contribution in [-0.4, -0.2) is 106 Å². The molecule has 0 aliphatic rings. The first-order chi connectivity index (χ1) is 58.6. The quantitative estimate of drug-likeness (QED) is 0.00477. The summed E-state index contributed by atoms with van der Waals surface area (Å²) in [6.07, 6.45) is 52.6. The number of aliphatic carboxylic acids is 2. The van der Waals surface area contributed by atoms with Gasteiger partial charge in [0, 0.05) is 47.9 Å². The first kappa shape index (κ1) is 131. The minimum absolute atomic E-state index is 0. The minimum atomic E-state index is -1.18. The van der Waals surface area contributed by atoms with E-state index in [4.69, 9.17) is 38.8 Å². The van der Waals surface area contributed by atoms with Crippen molar-refractivity contribution in [1.82, 2.24) is 0 Å². The maximum atomic E-state index is 12.3. The van der Waals surface area contributed by atoms with Crippen LogP contribution in [0.5, 0.6) is 23.0 Å². The fourth-order valence-electron chi connectivity index (χ4n) is 13.1. The van der Waals surface area contributed by atoms with Crippen LogP contribution in [0.25, 0.3) is 0 Å². The van der Waals surface area contributed by atoms with Gasteiger partial charge in [-0.05, 0) is 194 Å². The normalized spacial score (nSPS) is 11.2. The molecule has 0 spiro atoms. The number of hydrogen-bond acceptors (Lipinski definition) is 19. The van der Waals surface area contributed by atoms with Gasteiger partial charge in [-0.15, -0.1) is 0 Å². The van der Waals surface area contributed by atoms with Gasteiger partial charge in [-0.1, -0.05) is 283 Å². The Bertz CT molecular complexity index is 3080. The van der Waals surface area contributed by atoms with Gasteiger partial charge >= 0.3 is 95.9 Å². The molecule has 3 N–H and O–H groups in total. The van der Waals surface area contributed by atoms with Gasteiger partial charge in [-0.25, -0.2) is 9.59 Å². The van der Waals surface area contributed by atoms with Crippen LogP contribution in [0.15, 0.2) is 97.1 Å². The molecule has 0 bridgehead atoms. The van der Waals surface area contributed by atoms with E-state index >= 15 is 0 Å². The van der Waals surface area contributed by atoms with Crippen LogP contribution in [0.2, 0.25) is 0 Å². The second-order valence-electron chi connectivity index (χ2n) is 31.2. The van der Waals surface area contributed by atoms with Gasteiger partial charge in [0.15, 0.2) is 35.3 Å². The van der Waals surface area contributed by atoms with Crippen molar-refractivity contribution in [3.63, 3.8) is 0 Å². The molecule has 0 saturated carbocycles. The number of phenols is 1. The Morgan fingerprint density at radius 2 is 0.592 bits per heavy atom. The summed E-state index contributed by atoms with van der Waals surface area (Å²) in [5.74, 6) is -0.132. The number of phenolic OH excluding ortho intramolecular Hbond substituents is 1. The van der Waals surface area contributed by atoms with Gasteiger partial charge in [0.1, 0.15) is 33.9 Å². The molecule has 0 saturated heterocycles. The molecule has 0 amide bonds. The van der Waals surface area contributed by atoms with E-state index in [-0.39, 0.29) is 136 Å². The molecule has 4 unspecified atom stereocenters. The third-order valence-electron chi connectivity index (χ3n) is 20.4. The number of ketones is 4. The Kier molecular flexibility index (Phi) is 99.4. The number of rotatable bonds is 69. The maximum Gasteiger partial charge on any atom is 1.00 e. The van der Waals surface area contributed by atoms with Crippen LogP contribution < -0.4 is 103 Å². The van der Waals surface area contributed by atoms with Crippen molar-refractivity contribution in [3.8, 4) is 23.0 Å². The molecule has 125 heavy (non-hydrogen) atoms. The molecule has 4 rings (SSSR count). The Hall–Kier alpha value is -5.02. The van der Waals surface area contributed by atoms with Crippen molar-refractivity contribution in [3.05, 3.63) is 126 Å². The number of esters is 2. The number of benzene rings is 4. The minimum Gasteiger partial charge on any atom is -0.870 e. The fraction of sp³-hybridized carbons (Fsp3) is 0.663. The fourth-order valence-corrected chi connectivity index (χ4v) is 13.5. The second kappa shape index (κ2) is 95.1. The zero-order chi connectivity index (χ0) is 90.0. The van der Waals surface area contributed by atoms with Crippen molar-refractivity contribution in [1.29, 1.82) is 0 Å². The molecular formula is C101H161BrLiNa2O20+. The van der Waals surface area contributed by atoms with E-state index in [0.717, 1.165) is 135 Å². The molecule has 4 aromatic rings. The average Bonchev–Trinajstić information content (AvgIpc) is 0.881. The summed E-state index contributed by atoms with van der Waals surface area (Å²) in [4.78, 5) is 106. The van der Waals surface area contributed by atoms with Gasteiger partial charge in [0.2, 0.25) is 0 Å². The molecule has 694 valence electrons. The van der Waals surface area contributed by atoms with E-state index in [1.165, 1.54) is 154 Å². The largest absolute Gasteiger partial charge is 1.00 e. The van der Waals surface area contributed by atoms with E-state index in [2.05, 4.69) is 76.2 Å². The first-order valence-corrected chi connectivity index (χ1v) is 47.7. The number of hydrogen-bond donors (Lipinski definition) is 2. The average molecular weight is 1830 g/mol. The van der Waals surface area contributed by atoms with Crippen LogP contribution in [0.1, 0.15) is 438 Å². The van der Waals surface area contributed by atoms with Crippen LogP contribution in [0.3, 0.4) is 0 Å². The molecule has 0 heterocycles. The summed E-state index contributed by atoms with van der Waals surface area (Å²) in [7, 11) is 0. The molecule has 4 aromatic carbocycles. The van der Waals surface area contributed by atoms with Crippen molar-refractivity contribution in [2.45, 2.75) is 419 Å². The Morgan fingerprint density at radius 1 is 0.360 bits per heavy atom. The van der Waals surface area contributed by atoms with Gasteiger partial charge in [0.05, 0.1) is 32.5 Å². The monoisotopic (exact) mass is 1830 g/mol. The molecule has 20 nitrogen and oxygen atoms in total. The van der Waals surface area contributed by atoms with Crippen LogP contribution in [0, 0.1) is 6.92 Å². The van der Waals surface area contributed by atoms with Gasteiger partial charge < -0.3 is 59.4 Å². The molecular weight excluding hydrogens is 1670 g/mol. The zero-order valence-electron chi connectivity index (χ0n) is 79.7. The van der Waals surface area contributed by atoms with Crippen molar-refractivity contribution in [2.75, 3.05) is 13.2 Å². The smallest absolute Gasteiger partial charge is 0.870 e. The summed E-state index contributed by atoms with van der Waals surface area (Å²) in [6, 6.07) is 27.4. The van der Waals surface area contributed by atoms with E-state index in [1.54, 1.807) is 97.1 Å². The predicted molar refractivity (Wildman–Crippen MR) is 491 cm³/mol. The third kappa shape index (κ3) is 76.4. The molecule has 24 heteroatoms. The number of Topliss-reactive ketones (excluding diaryl/α,β-unsaturated/α-hetero) is 4. The van der Waals surface area contributed by atoms with Gasteiger partial charge in [-0.2, -0.15) is 0 Å². The van der Waals surface area contributed by atoms with Crippen LogP contribution in [-0.2, 0) is 38.3 Å². The standard InChI is InChI=1S/C26H42O4.2C24H38O4.C14H18O2.C12H23BrO2.CH2O3.Li.2Na.H2O/c1-4-7-9-11-13-15-17-25(26(28)29-6-3)30-23-20-18-22(19-21-23)24(27)16-14-12-10-8-5-2;2*1-3-5-7-9-11-13-15-23(24(26)27)28-21-18-16-20(17-19-21)22(25)14-12-10-8-6-4-2;1-2-3-4-5-6-7-14(16)12-8-10-13(15)11-9-12;1-3-5-6-7-8-9-10-11(13)12(14)15-4-2;2-1-4-3;;;;/h18-21,25H,4-17H2,1-3H3;2*16-19,23H,3-15H2,1-2H3,(H,26,27);8-11H,1-7H2;11H,3-10H2,1-2H3;1,3H;;;;1H2/q;;;;;;3*+1;/p-2. The number of halogens is 1. The Morgan fingerprint density at radius 3 is 0.864 bits per heavy atom. The third-order valence-corrected chi connectivity index (χ3v) is 21.3. The summed E-state index contributed by atoms with van der Waals surface area (Å²) in [5.41, 5.74) is 2.73. The van der Waals surface area contributed by atoms with E-state index in [9.17, 15) is 48.6 Å². The topological polar surface area (TPSA) is 326 Å². The molecule has 0 aromatic heterocycles. The molecule has 0 aliphatic heterocycles. The van der Waals surface area contributed by atoms with E-state index < -0.39 is 30.3 Å². The second-order valence-corrected chi connectivity index (χ2v) is 32.3. The summed E-state index contributed by atoms with van der Waals surface area (Å²) >= 11 is 3.35.